The third kappa shape index (κ3) is 40.7. The lowest BCUT2D eigenvalue weighted by Gasteiger charge is -1.82. The molecule has 0 saturated carbocycles. The lowest BCUT2D eigenvalue weighted by atomic mass is 10.4. The topological polar surface area (TPSA) is 109 Å². The molecule has 0 aromatic heterocycles. The van der Waals surface area contributed by atoms with Gasteiger partial charge in [-0.2, -0.15) is 0 Å². The van der Waals surface area contributed by atoms with E-state index in [1.807, 2.05) is 36.4 Å². The summed E-state index contributed by atoms with van der Waals surface area (Å²) in [6.07, 6.45) is 0. The molecule has 0 aliphatic carbocycles. The summed E-state index contributed by atoms with van der Waals surface area (Å²) in [5, 5.41) is 0. The van der Waals surface area contributed by atoms with Crippen LogP contribution in [0.15, 0.2) is 36.4 Å². The van der Waals surface area contributed by atoms with Crippen LogP contribution >= 0.6 is 32.6 Å². The normalized spacial score (nSPS) is 7.64. The van der Waals surface area contributed by atoms with Crippen molar-refractivity contribution in [3.8, 4) is 0 Å². The zero-order valence-electron chi connectivity index (χ0n) is 6.98. The van der Waals surface area contributed by atoms with Crippen LogP contribution in [0.3, 0.4) is 0 Å². The van der Waals surface area contributed by atoms with Gasteiger partial charge in [0.25, 0.3) is 0 Å². The molecule has 0 aliphatic rings. The summed E-state index contributed by atoms with van der Waals surface area (Å²) in [7, 11) is -4.64. The van der Waals surface area contributed by atoms with Crippen LogP contribution in [0.4, 0.5) is 0 Å². The van der Waals surface area contributed by atoms with Crippen molar-refractivity contribution in [3.05, 3.63) is 36.4 Å². The number of hydrogen-bond acceptors (Lipinski definition) is 1. The first-order valence-corrected chi connectivity index (χ1v) is 4.35. The molecular weight excluding hydrogens is 254 g/mol. The van der Waals surface area contributed by atoms with Crippen molar-refractivity contribution in [1.82, 2.24) is 0 Å². The second-order valence-corrected chi connectivity index (χ2v) is 2.69. The molecule has 5 nitrogen and oxygen atoms in total. The Morgan fingerprint density at radius 2 is 0.786 bits per heavy atom. The molecule has 0 aliphatic heterocycles. The Kier molecular flexibility index (Phi) is 21.7. The molecule has 1 aromatic carbocycles. The van der Waals surface area contributed by atoms with Gasteiger partial charge >= 0.3 is 7.82 Å². The monoisotopic (exact) mass is 266 g/mol. The Hall–Kier alpha value is -0.130. The van der Waals surface area contributed by atoms with Crippen molar-refractivity contribution in [3.63, 3.8) is 0 Å². The summed E-state index contributed by atoms with van der Waals surface area (Å²) in [6.45, 7) is 0. The van der Waals surface area contributed by atoms with E-state index in [9.17, 15) is 0 Å². The number of phosphoric acid groups is 1. The highest BCUT2D eigenvalue weighted by atomic mass is 35.5. The zero-order valence-corrected chi connectivity index (χ0v) is 9.51. The smallest absolute Gasteiger partial charge is 0.412 e. The van der Waals surface area contributed by atoms with Gasteiger partial charge in [0.05, 0.1) is 0 Å². The summed E-state index contributed by atoms with van der Waals surface area (Å²) in [5.41, 5.74) is 0. The summed E-state index contributed by atoms with van der Waals surface area (Å²) < 4.78 is 8.88. The predicted molar refractivity (Wildman–Crippen MR) is 58.8 cm³/mol. The number of benzene rings is 1. The van der Waals surface area contributed by atoms with Crippen LogP contribution in [0.25, 0.3) is 0 Å². The highest BCUT2D eigenvalue weighted by Gasteiger charge is 2.00. The van der Waals surface area contributed by atoms with E-state index in [4.69, 9.17) is 19.2 Å². The maximum Gasteiger partial charge on any atom is 0.466 e. The molecule has 5 N–H and O–H groups in total. The van der Waals surface area contributed by atoms with Crippen molar-refractivity contribution in [2.24, 2.45) is 0 Å². The summed E-state index contributed by atoms with van der Waals surface area (Å²) in [5.74, 6) is 0. The highest BCUT2D eigenvalue weighted by molar-refractivity contribution is 7.45. The van der Waals surface area contributed by atoms with E-state index in [1.54, 1.807) is 0 Å². The van der Waals surface area contributed by atoms with Crippen LogP contribution in [0.5, 0.6) is 0 Å². The molecule has 8 heteroatoms. The van der Waals surface area contributed by atoms with Crippen molar-refractivity contribution < 1.29 is 24.7 Å². The Labute approximate surface area is 94.2 Å². The zero-order chi connectivity index (χ0) is 8.74. The summed E-state index contributed by atoms with van der Waals surface area (Å²) in [4.78, 5) is 21.6. The van der Waals surface area contributed by atoms with Gasteiger partial charge in [0.2, 0.25) is 0 Å². The van der Waals surface area contributed by atoms with Crippen LogP contribution in [0, 0.1) is 0 Å². The third-order valence-corrected chi connectivity index (χ3v) is 0.667. The maximum absolute atomic E-state index is 8.88. The van der Waals surface area contributed by atoms with Gasteiger partial charge in [-0.3, -0.25) is 0 Å². The SMILES string of the molecule is Cl.Cl.O.O=P(O)(O)O.c1ccccc1. The van der Waals surface area contributed by atoms with E-state index >= 15 is 0 Å². The first-order valence-electron chi connectivity index (χ1n) is 2.78. The molecule has 1 aromatic rings. The van der Waals surface area contributed by atoms with Gasteiger partial charge in [0, 0.05) is 0 Å². The third-order valence-electron chi connectivity index (χ3n) is 0.667. The summed E-state index contributed by atoms with van der Waals surface area (Å²) in [6, 6.07) is 12.0. The molecule has 0 radical (unpaired) electrons. The van der Waals surface area contributed by atoms with Crippen LogP contribution < -0.4 is 0 Å². The maximum atomic E-state index is 8.88. The molecule has 0 unspecified atom stereocenters. The average Bonchev–Trinajstić information content (AvgIpc) is 1.88. The average molecular weight is 267 g/mol. The Morgan fingerprint density at radius 3 is 0.857 bits per heavy atom. The van der Waals surface area contributed by atoms with Gasteiger partial charge in [-0.25, -0.2) is 4.57 Å². The molecule has 86 valence electrons. The van der Waals surface area contributed by atoms with Crippen molar-refractivity contribution in [2.45, 2.75) is 0 Å². The molecule has 0 bridgehead atoms. The summed E-state index contributed by atoms with van der Waals surface area (Å²) >= 11 is 0. The minimum absolute atomic E-state index is 0. The van der Waals surface area contributed by atoms with Gasteiger partial charge in [-0.05, 0) is 0 Å². The van der Waals surface area contributed by atoms with Gasteiger partial charge in [0.15, 0.2) is 0 Å². The molecule has 14 heavy (non-hydrogen) atoms. The minimum Gasteiger partial charge on any atom is -0.412 e. The van der Waals surface area contributed by atoms with Crippen LogP contribution in [0.2, 0.25) is 0 Å². The second kappa shape index (κ2) is 12.9. The fourth-order valence-corrected chi connectivity index (χ4v) is 0.385. The first-order chi connectivity index (χ1) is 5.00. The van der Waals surface area contributed by atoms with E-state index in [0.717, 1.165) is 0 Å². The first kappa shape index (κ1) is 23.6. The fourth-order valence-electron chi connectivity index (χ4n) is 0.385. The molecule has 0 fully saturated rings. The number of hydrogen-bond donors (Lipinski definition) is 3. The van der Waals surface area contributed by atoms with E-state index in [2.05, 4.69) is 0 Å². The fraction of sp³-hybridized carbons (Fsp3) is 0. The Balaban J connectivity index is -0.0000000597. The molecular formula is C6H13Cl2O5P. The molecule has 0 amide bonds. The van der Waals surface area contributed by atoms with Crippen LogP contribution in [0.1, 0.15) is 0 Å². The molecule has 0 heterocycles. The number of rotatable bonds is 0. The van der Waals surface area contributed by atoms with Gasteiger partial charge < -0.3 is 20.2 Å². The van der Waals surface area contributed by atoms with Crippen molar-refractivity contribution >= 4 is 32.6 Å². The molecule has 0 saturated heterocycles. The highest BCUT2D eigenvalue weighted by Crippen LogP contribution is 2.25. The van der Waals surface area contributed by atoms with E-state index in [1.165, 1.54) is 0 Å². The van der Waals surface area contributed by atoms with E-state index < -0.39 is 7.82 Å². The lowest BCUT2D eigenvalue weighted by molar-refractivity contribution is 0.275. The minimum atomic E-state index is -4.64. The van der Waals surface area contributed by atoms with Crippen molar-refractivity contribution in [2.75, 3.05) is 0 Å². The predicted octanol–water partition coefficient (Wildman–Crippen LogP) is 0.777. The largest absolute Gasteiger partial charge is 0.466 e. The van der Waals surface area contributed by atoms with E-state index in [0.29, 0.717) is 0 Å². The van der Waals surface area contributed by atoms with Gasteiger partial charge in [0.1, 0.15) is 0 Å². The van der Waals surface area contributed by atoms with Gasteiger partial charge in [-0.1, -0.05) is 36.4 Å². The Morgan fingerprint density at radius 1 is 0.714 bits per heavy atom. The molecule has 0 spiro atoms. The molecule has 0 atom stereocenters. The second-order valence-electron chi connectivity index (χ2n) is 1.67. The van der Waals surface area contributed by atoms with Crippen molar-refractivity contribution in [1.29, 1.82) is 0 Å². The number of halogens is 2. The molecule has 1 rings (SSSR count). The van der Waals surface area contributed by atoms with E-state index in [-0.39, 0.29) is 30.3 Å². The lowest BCUT2D eigenvalue weighted by Crippen LogP contribution is -1.66. The van der Waals surface area contributed by atoms with Crippen LogP contribution in [-0.4, -0.2) is 20.2 Å². The standard InChI is InChI=1S/C6H6.2ClH.H3O4P.H2O/c1-2-4-6-5-3-1;;;1-5(2,3)4;/h1-6H;2*1H;(H3,1,2,3,4);1H2. The van der Waals surface area contributed by atoms with Gasteiger partial charge in [-0.15, -0.1) is 24.8 Å². The Bertz CT molecular complexity index is 192. The quantitative estimate of drug-likeness (QED) is 0.603. The van der Waals surface area contributed by atoms with Crippen LogP contribution in [-0.2, 0) is 4.57 Å².